The van der Waals surface area contributed by atoms with E-state index in [2.05, 4.69) is 9.47 Å². The van der Waals surface area contributed by atoms with Crippen LogP contribution in [-0.2, 0) is 24.3 Å². The van der Waals surface area contributed by atoms with Crippen molar-refractivity contribution in [3.05, 3.63) is 29.8 Å². The van der Waals surface area contributed by atoms with E-state index in [0.29, 0.717) is 0 Å². The Kier molecular flexibility index (Phi) is 5.23. The predicted octanol–water partition coefficient (Wildman–Crippen LogP) is 0.267. The molecule has 0 atom stereocenters. The Morgan fingerprint density at radius 3 is 2.40 bits per heavy atom. The third kappa shape index (κ3) is 3.55. The highest BCUT2D eigenvalue weighted by atomic mass is 32.2. The standard InChI is InChI=1S/C12H15NO6S/c1-13(8-11(14)18-2)20(16,17)10-6-4-5-9(7-10)12(15)19-3/h4-7H,8H2,1-3H3. The summed E-state index contributed by atoms with van der Waals surface area (Å²) in [6, 6.07) is 5.38. The molecule has 1 aromatic rings. The van der Waals surface area contributed by atoms with Gasteiger partial charge in [0.15, 0.2) is 0 Å². The van der Waals surface area contributed by atoms with Crippen LogP contribution in [0.25, 0.3) is 0 Å². The average molecular weight is 301 g/mol. The Hall–Kier alpha value is -1.93. The third-order valence-electron chi connectivity index (χ3n) is 2.54. The third-order valence-corrected chi connectivity index (χ3v) is 4.34. The Bertz CT molecular complexity index is 610. The average Bonchev–Trinajstić information content (AvgIpc) is 2.46. The van der Waals surface area contributed by atoms with Crippen LogP contribution in [0.15, 0.2) is 29.2 Å². The van der Waals surface area contributed by atoms with Gasteiger partial charge in [-0.2, -0.15) is 4.31 Å². The van der Waals surface area contributed by atoms with Gasteiger partial charge in [0.2, 0.25) is 10.0 Å². The van der Waals surface area contributed by atoms with E-state index in [1.54, 1.807) is 0 Å². The van der Waals surface area contributed by atoms with Crippen LogP contribution >= 0.6 is 0 Å². The molecule has 0 bridgehead atoms. The fourth-order valence-corrected chi connectivity index (χ4v) is 2.57. The van der Waals surface area contributed by atoms with Crippen LogP contribution in [0.1, 0.15) is 10.4 Å². The molecule has 0 amide bonds. The van der Waals surface area contributed by atoms with Crippen LogP contribution in [-0.4, -0.2) is 52.5 Å². The SMILES string of the molecule is COC(=O)CN(C)S(=O)(=O)c1cccc(C(=O)OC)c1. The molecule has 1 aromatic carbocycles. The highest BCUT2D eigenvalue weighted by Gasteiger charge is 2.24. The van der Waals surface area contributed by atoms with Gasteiger partial charge in [-0.1, -0.05) is 6.07 Å². The van der Waals surface area contributed by atoms with Gasteiger partial charge in [-0.3, -0.25) is 4.79 Å². The molecule has 7 nitrogen and oxygen atoms in total. The number of esters is 2. The van der Waals surface area contributed by atoms with Gasteiger partial charge < -0.3 is 9.47 Å². The maximum Gasteiger partial charge on any atom is 0.337 e. The summed E-state index contributed by atoms with van der Waals surface area (Å²) in [5.41, 5.74) is 0.111. The molecule has 0 radical (unpaired) electrons. The van der Waals surface area contributed by atoms with E-state index < -0.39 is 28.5 Å². The van der Waals surface area contributed by atoms with Crippen LogP contribution in [0.4, 0.5) is 0 Å². The summed E-state index contributed by atoms with van der Waals surface area (Å²) in [5.74, 6) is -1.32. The zero-order valence-corrected chi connectivity index (χ0v) is 12.1. The van der Waals surface area contributed by atoms with Gasteiger partial charge in [0.25, 0.3) is 0 Å². The van der Waals surface area contributed by atoms with Crippen LogP contribution in [0.5, 0.6) is 0 Å². The van der Waals surface area contributed by atoms with Gasteiger partial charge in [0.1, 0.15) is 6.54 Å². The maximum atomic E-state index is 12.2. The fourth-order valence-electron chi connectivity index (χ4n) is 1.41. The number of rotatable bonds is 5. The summed E-state index contributed by atoms with van der Waals surface area (Å²) in [4.78, 5) is 22.4. The quantitative estimate of drug-likeness (QED) is 0.725. The second-order valence-electron chi connectivity index (χ2n) is 3.86. The number of ether oxygens (including phenoxy) is 2. The van der Waals surface area contributed by atoms with E-state index in [1.807, 2.05) is 0 Å². The normalized spacial score (nSPS) is 11.2. The second kappa shape index (κ2) is 6.49. The minimum Gasteiger partial charge on any atom is -0.468 e. The molecule has 0 aliphatic heterocycles. The largest absolute Gasteiger partial charge is 0.468 e. The van der Waals surface area contributed by atoms with Gasteiger partial charge in [0.05, 0.1) is 24.7 Å². The van der Waals surface area contributed by atoms with Crippen LogP contribution in [0.2, 0.25) is 0 Å². The lowest BCUT2D eigenvalue weighted by Gasteiger charge is -2.16. The molecule has 0 aromatic heterocycles. The molecular weight excluding hydrogens is 286 g/mol. The lowest BCUT2D eigenvalue weighted by molar-refractivity contribution is -0.140. The van der Waals surface area contributed by atoms with Crippen LogP contribution in [0, 0.1) is 0 Å². The summed E-state index contributed by atoms with van der Waals surface area (Å²) < 4.78 is 34.2. The molecule has 8 heteroatoms. The van der Waals surface area contributed by atoms with E-state index in [4.69, 9.17) is 0 Å². The first kappa shape index (κ1) is 16.1. The first-order valence-electron chi connectivity index (χ1n) is 5.54. The molecular formula is C12H15NO6S. The van der Waals surface area contributed by atoms with Crippen LogP contribution < -0.4 is 0 Å². The lowest BCUT2D eigenvalue weighted by atomic mass is 10.2. The molecule has 20 heavy (non-hydrogen) atoms. The van der Waals surface area contributed by atoms with Crippen molar-refractivity contribution in [3.8, 4) is 0 Å². The molecule has 0 saturated carbocycles. The summed E-state index contributed by atoms with van der Waals surface area (Å²) in [6.45, 7) is -0.415. The highest BCUT2D eigenvalue weighted by Crippen LogP contribution is 2.16. The molecule has 110 valence electrons. The van der Waals surface area contributed by atoms with Crippen molar-refractivity contribution in [2.24, 2.45) is 0 Å². The Labute approximate surface area is 117 Å². The number of carbonyl (C=O) groups is 2. The number of sulfonamides is 1. The molecule has 0 spiro atoms. The molecule has 0 aliphatic carbocycles. The second-order valence-corrected chi connectivity index (χ2v) is 5.90. The zero-order chi connectivity index (χ0) is 15.3. The summed E-state index contributed by atoms with van der Waals surface area (Å²) in [7, 11) is -0.268. The fraction of sp³-hybridized carbons (Fsp3) is 0.333. The first-order valence-corrected chi connectivity index (χ1v) is 6.98. The van der Waals surface area contributed by atoms with Gasteiger partial charge >= 0.3 is 11.9 Å². The van der Waals surface area contributed by atoms with Crippen molar-refractivity contribution in [1.29, 1.82) is 0 Å². The van der Waals surface area contributed by atoms with Gasteiger partial charge in [-0.05, 0) is 18.2 Å². The monoisotopic (exact) mass is 301 g/mol. The van der Waals surface area contributed by atoms with Gasteiger partial charge in [-0.15, -0.1) is 0 Å². The van der Waals surface area contributed by atoms with Gasteiger partial charge in [0, 0.05) is 7.05 Å². The minimum atomic E-state index is -3.88. The lowest BCUT2D eigenvalue weighted by Crippen LogP contribution is -2.32. The topological polar surface area (TPSA) is 90.0 Å². The van der Waals surface area contributed by atoms with Crippen molar-refractivity contribution in [2.45, 2.75) is 4.90 Å². The maximum absolute atomic E-state index is 12.2. The number of benzene rings is 1. The molecule has 1 rings (SSSR count). The predicted molar refractivity (Wildman–Crippen MR) is 69.6 cm³/mol. The zero-order valence-electron chi connectivity index (χ0n) is 11.3. The Morgan fingerprint density at radius 1 is 1.20 bits per heavy atom. The molecule has 0 aliphatic rings. The molecule has 0 N–H and O–H groups in total. The van der Waals surface area contributed by atoms with Gasteiger partial charge in [-0.25, -0.2) is 13.2 Å². The number of nitrogens with zero attached hydrogens (tertiary/aromatic N) is 1. The number of hydrogen-bond acceptors (Lipinski definition) is 6. The number of hydrogen-bond donors (Lipinski definition) is 0. The van der Waals surface area contributed by atoms with E-state index in [1.165, 1.54) is 45.5 Å². The number of carbonyl (C=O) groups excluding carboxylic acids is 2. The van der Waals surface area contributed by atoms with Crippen molar-refractivity contribution in [1.82, 2.24) is 4.31 Å². The molecule has 0 unspecified atom stereocenters. The highest BCUT2D eigenvalue weighted by molar-refractivity contribution is 7.89. The summed E-state index contributed by atoms with van der Waals surface area (Å²) in [6.07, 6.45) is 0. The van der Waals surface area contributed by atoms with Crippen molar-refractivity contribution < 1.29 is 27.5 Å². The summed E-state index contributed by atoms with van der Waals surface area (Å²) >= 11 is 0. The molecule has 0 saturated heterocycles. The molecule has 0 fully saturated rings. The number of likely N-dealkylation sites (N-methyl/N-ethyl adjacent to an activating group) is 1. The van der Waals surface area contributed by atoms with Crippen LogP contribution in [0.3, 0.4) is 0 Å². The van der Waals surface area contributed by atoms with E-state index in [-0.39, 0.29) is 10.5 Å². The van der Waals surface area contributed by atoms with Crippen molar-refractivity contribution in [3.63, 3.8) is 0 Å². The summed E-state index contributed by atoms with van der Waals surface area (Å²) in [5, 5.41) is 0. The van der Waals surface area contributed by atoms with E-state index in [9.17, 15) is 18.0 Å². The van der Waals surface area contributed by atoms with Crippen molar-refractivity contribution in [2.75, 3.05) is 27.8 Å². The Balaban J connectivity index is 3.09. The number of methoxy groups -OCH3 is 2. The van der Waals surface area contributed by atoms with E-state index >= 15 is 0 Å². The Morgan fingerprint density at radius 2 is 1.85 bits per heavy atom. The minimum absolute atomic E-state index is 0.105. The van der Waals surface area contributed by atoms with E-state index in [0.717, 1.165) is 4.31 Å². The first-order chi connectivity index (χ1) is 9.32. The van der Waals surface area contributed by atoms with Crippen molar-refractivity contribution >= 4 is 22.0 Å². The molecule has 0 heterocycles. The smallest absolute Gasteiger partial charge is 0.337 e.